The van der Waals surface area contributed by atoms with E-state index in [-0.39, 0.29) is 6.10 Å². The predicted molar refractivity (Wildman–Crippen MR) is 46.5 cm³/mol. The van der Waals surface area contributed by atoms with E-state index in [1.54, 1.807) is 0 Å². The van der Waals surface area contributed by atoms with Gasteiger partial charge in [0.05, 0.1) is 6.10 Å². The monoisotopic (exact) mass is 157 g/mol. The number of nitrogens with one attached hydrogen (secondary N) is 1. The number of β-amino-alcohol motifs (C(OH)–C–C–N with tert-alkyl or cyclic N) is 1. The van der Waals surface area contributed by atoms with E-state index in [4.69, 9.17) is 0 Å². The summed E-state index contributed by atoms with van der Waals surface area (Å²) in [4.78, 5) is 0. The second-order valence-corrected chi connectivity index (χ2v) is 4.56. The highest BCUT2D eigenvalue weighted by atomic mass is 16.3. The van der Waals surface area contributed by atoms with Gasteiger partial charge in [0.2, 0.25) is 0 Å². The standard InChI is InChI=1S/C9H19NO/c1-9(2,3)8-5-4-7(11)6-10-8/h7-8,10-11H,4-6H2,1-3H3. The molecule has 1 aliphatic heterocycles. The van der Waals surface area contributed by atoms with Crippen molar-refractivity contribution in [2.75, 3.05) is 6.54 Å². The molecule has 0 amide bonds. The van der Waals surface area contributed by atoms with Gasteiger partial charge in [-0.05, 0) is 18.3 Å². The van der Waals surface area contributed by atoms with Crippen LogP contribution in [0.25, 0.3) is 0 Å². The Morgan fingerprint density at radius 3 is 2.27 bits per heavy atom. The average molecular weight is 157 g/mol. The first-order chi connectivity index (χ1) is 5.00. The molecule has 0 aliphatic carbocycles. The maximum Gasteiger partial charge on any atom is 0.0665 e. The van der Waals surface area contributed by atoms with E-state index >= 15 is 0 Å². The van der Waals surface area contributed by atoms with Gasteiger partial charge >= 0.3 is 0 Å². The van der Waals surface area contributed by atoms with E-state index in [9.17, 15) is 5.11 Å². The third kappa shape index (κ3) is 2.46. The molecule has 1 aliphatic rings. The quantitative estimate of drug-likeness (QED) is 0.553. The molecule has 0 spiro atoms. The molecule has 11 heavy (non-hydrogen) atoms. The van der Waals surface area contributed by atoms with Crippen LogP contribution in [0.5, 0.6) is 0 Å². The SMILES string of the molecule is CC(C)(C)C1CCC(O)CN1. The van der Waals surface area contributed by atoms with Gasteiger partial charge < -0.3 is 10.4 Å². The van der Waals surface area contributed by atoms with E-state index in [1.807, 2.05) is 0 Å². The average Bonchev–Trinajstić information content (AvgIpc) is 1.86. The molecule has 0 saturated carbocycles. The number of piperidine rings is 1. The summed E-state index contributed by atoms with van der Waals surface area (Å²) in [6.07, 6.45) is 1.94. The fourth-order valence-electron chi connectivity index (χ4n) is 1.58. The van der Waals surface area contributed by atoms with Crippen molar-refractivity contribution in [3.05, 3.63) is 0 Å². The molecular formula is C9H19NO. The minimum atomic E-state index is -0.117. The van der Waals surface area contributed by atoms with Crippen molar-refractivity contribution in [2.24, 2.45) is 5.41 Å². The van der Waals surface area contributed by atoms with Crippen LogP contribution < -0.4 is 5.32 Å². The van der Waals surface area contributed by atoms with Gasteiger partial charge in [-0.15, -0.1) is 0 Å². The topological polar surface area (TPSA) is 32.3 Å². The highest BCUT2D eigenvalue weighted by Crippen LogP contribution is 2.25. The minimum absolute atomic E-state index is 0.117. The summed E-state index contributed by atoms with van der Waals surface area (Å²) in [7, 11) is 0. The van der Waals surface area contributed by atoms with Gasteiger partial charge in [0.1, 0.15) is 0 Å². The highest BCUT2D eigenvalue weighted by molar-refractivity contribution is 4.85. The van der Waals surface area contributed by atoms with Gasteiger partial charge in [-0.2, -0.15) is 0 Å². The summed E-state index contributed by atoms with van der Waals surface area (Å²) < 4.78 is 0. The molecule has 0 aromatic heterocycles. The fourth-order valence-corrected chi connectivity index (χ4v) is 1.58. The van der Waals surface area contributed by atoms with Crippen LogP contribution >= 0.6 is 0 Å². The molecule has 2 atom stereocenters. The maximum absolute atomic E-state index is 9.23. The Hall–Kier alpha value is -0.0800. The largest absolute Gasteiger partial charge is 0.392 e. The van der Waals surface area contributed by atoms with Crippen LogP contribution in [-0.2, 0) is 0 Å². The van der Waals surface area contributed by atoms with Crippen molar-refractivity contribution in [3.8, 4) is 0 Å². The predicted octanol–water partition coefficient (Wildman–Crippen LogP) is 1.15. The van der Waals surface area contributed by atoms with Crippen molar-refractivity contribution in [2.45, 2.75) is 45.8 Å². The van der Waals surface area contributed by atoms with Crippen LogP contribution in [0.1, 0.15) is 33.6 Å². The lowest BCUT2D eigenvalue weighted by molar-refractivity contribution is 0.0981. The molecule has 66 valence electrons. The third-order valence-electron chi connectivity index (χ3n) is 2.43. The number of aliphatic hydroxyl groups excluding tert-OH is 1. The van der Waals surface area contributed by atoms with Gasteiger partial charge in [0.25, 0.3) is 0 Å². The third-order valence-corrected chi connectivity index (χ3v) is 2.43. The molecule has 2 N–H and O–H groups in total. The maximum atomic E-state index is 9.23. The van der Waals surface area contributed by atoms with E-state index in [0.29, 0.717) is 11.5 Å². The van der Waals surface area contributed by atoms with Crippen LogP contribution in [0.4, 0.5) is 0 Å². The number of rotatable bonds is 0. The van der Waals surface area contributed by atoms with Crippen molar-refractivity contribution in [3.63, 3.8) is 0 Å². The molecule has 1 rings (SSSR count). The summed E-state index contributed by atoms with van der Waals surface area (Å²) in [6, 6.07) is 0.575. The number of aliphatic hydroxyl groups is 1. The summed E-state index contributed by atoms with van der Waals surface area (Å²) >= 11 is 0. The Balaban J connectivity index is 2.39. The zero-order valence-corrected chi connectivity index (χ0v) is 7.72. The van der Waals surface area contributed by atoms with E-state index in [0.717, 1.165) is 19.4 Å². The molecule has 0 aromatic carbocycles. The normalized spacial score (nSPS) is 33.8. The molecule has 1 saturated heterocycles. The molecule has 2 unspecified atom stereocenters. The molecule has 2 heteroatoms. The van der Waals surface area contributed by atoms with Gasteiger partial charge in [-0.1, -0.05) is 20.8 Å². The zero-order valence-electron chi connectivity index (χ0n) is 7.72. The summed E-state index contributed by atoms with van der Waals surface area (Å²) in [6.45, 7) is 7.48. The second-order valence-electron chi connectivity index (χ2n) is 4.56. The van der Waals surface area contributed by atoms with Gasteiger partial charge in [-0.3, -0.25) is 0 Å². The molecule has 2 nitrogen and oxygen atoms in total. The van der Waals surface area contributed by atoms with Crippen LogP contribution in [0, 0.1) is 5.41 Å². The first-order valence-corrected chi connectivity index (χ1v) is 4.41. The Labute approximate surface area is 69.0 Å². The van der Waals surface area contributed by atoms with E-state index in [2.05, 4.69) is 26.1 Å². The fraction of sp³-hybridized carbons (Fsp3) is 1.00. The van der Waals surface area contributed by atoms with Gasteiger partial charge in [0, 0.05) is 12.6 Å². The number of hydrogen-bond donors (Lipinski definition) is 2. The molecule has 1 fully saturated rings. The first-order valence-electron chi connectivity index (χ1n) is 4.41. The van der Waals surface area contributed by atoms with Crippen LogP contribution in [0.15, 0.2) is 0 Å². The van der Waals surface area contributed by atoms with Crippen LogP contribution in [0.2, 0.25) is 0 Å². The Bertz CT molecular complexity index is 120. The van der Waals surface area contributed by atoms with Crippen molar-refractivity contribution < 1.29 is 5.11 Å². The molecular weight excluding hydrogens is 138 g/mol. The van der Waals surface area contributed by atoms with Crippen molar-refractivity contribution >= 4 is 0 Å². The lowest BCUT2D eigenvalue weighted by atomic mass is 9.82. The summed E-state index contributed by atoms with van der Waals surface area (Å²) in [5, 5.41) is 12.6. The highest BCUT2D eigenvalue weighted by Gasteiger charge is 2.28. The summed E-state index contributed by atoms with van der Waals surface area (Å²) in [5.41, 5.74) is 0.333. The van der Waals surface area contributed by atoms with Gasteiger partial charge in [-0.25, -0.2) is 0 Å². The molecule has 0 aromatic rings. The smallest absolute Gasteiger partial charge is 0.0665 e. The molecule has 0 bridgehead atoms. The number of hydrogen-bond acceptors (Lipinski definition) is 2. The Morgan fingerprint density at radius 2 is 1.91 bits per heavy atom. The Kier molecular flexibility index (Phi) is 2.55. The lowest BCUT2D eigenvalue weighted by Crippen LogP contribution is -2.48. The van der Waals surface area contributed by atoms with E-state index < -0.39 is 0 Å². The zero-order chi connectivity index (χ0) is 8.48. The van der Waals surface area contributed by atoms with Crippen molar-refractivity contribution in [1.82, 2.24) is 5.32 Å². The Morgan fingerprint density at radius 1 is 1.27 bits per heavy atom. The van der Waals surface area contributed by atoms with Crippen LogP contribution in [0.3, 0.4) is 0 Å². The lowest BCUT2D eigenvalue weighted by Gasteiger charge is -2.36. The minimum Gasteiger partial charge on any atom is -0.392 e. The second kappa shape index (κ2) is 3.11. The van der Waals surface area contributed by atoms with Crippen molar-refractivity contribution in [1.29, 1.82) is 0 Å². The molecule has 1 heterocycles. The van der Waals surface area contributed by atoms with Gasteiger partial charge in [0.15, 0.2) is 0 Å². The summed E-state index contributed by atoms with van der Waals surface area (Å²) in [5.74, 6) is 0. The first kappa shape index (κ1) is 9.01. The van der Waals surface area contributed by atoms with Crippen LogP contribution in [-0.4, -0.2) is 23.8 Å². The van der Waals surface area contributed by atoms with E-state index in [1.165, 1.54) is 0 Å². The molecule has 0 radical (unpaired) electrons.